The summed E-state index contributed by atoms with van der Waals surface area (Å²) in [5, 5.41) is 0. The van der Waals surface area contributed by atoms with Crippen LogP contribution in [-0.4, -0.2) is 23.8 Å². The van der Waals surface area contributed by atoms with Gasteiger partial charge in [-0.1, -0.05) is 44.9 Å². The summed E-state index contributed by atoms with van der Waals surface area (Å²) in [6.45, 7) is 6.30. The molecular formula is C17H23NO2. The van der Waals surface area contributed by atoms with Crippen LogP contribution in [0.1, 0.15) is 56.0 Å². The summed E-state index contributed by atoms with van der Waals surface area (Å²) in [5.41, 5.74) is 0.971. The Bertz CT molecular complexity index is 534. The van der Waals surface area contributed by atoms with Crippen LogP contribution in [0.15, 0.2) is 24.3 Å². The average molecular weight is 273 g/mol. The molecule has 2 rings (SSSR count). The zero-order valence-corrected chi connectivity index (χ0v) is 12.8. The molecule has 3 heteroatoms. The van der Waals surface area contributed by atoms with E-state index in [1.807, 2.05) is 31.2 Å². The van der Waals surface area contributed by atoms with Gasteiger partial charge in [0.2, 0.25) is 5.91 Å². The van der Waals surface area contributed by atoms with Crippen molar-refractivity contribution >= 4 is 11.8 Å². The maximum absolute atomic E-state index is 12.7. The molecule has 20 heavy (non-hydrogen) atoms. The number of rotatable bonds is 4. The molecule has 3 nitrogen and oxygen atoms in total. The molecule has 1 aliphatic rings. The van der Waals surface area contributed by atoms with Crippen molar-refractivity contribution in [1.29, 1.82) is 0 Å². The molecule has 0 saturated heterocycles. The van der Waals surface area contributed by atoms with Crippen LogP contribution in [0.5, 0.6) is 0 Å². The number of fused-ring (bicyclic) bond motifs is 1. The van der Waals surface area contributed by atoms with Gasteiger partial charge in [0.15, 0.2) is 0 Å². The van der Waals surface area contributed by atoms with Crippen LogP contribution in [0.25, 0.3) is 0 Å². The van der Waals surface area contributed by atoms with E-state index >= 15 is 0 Å². The summed E-state index contributed by atoms with van der Waals surface area (Å²) in [6.07, 6.45) is 2.91. The summed E-state index contributed by atoms with van der Waals surface area (Å²) >= 11 is 0. The Kier molecular flexibility index (Phi) is 3.98. The standard InChI is InChI=1S/C17H23NO2/c1-5-12(6-2)11-17(3)14-10-8-7-9-13(14)15(19)18(4)16(17)20/h7-10,12H,5-6,11H2,1-4H3. The smallest absolute Gasteiger partial charge is 0.260 e. The Balaban J connectivity index is 2.53. The predicted molar refractivity (Wildman–Crippen MR) is 79.6 cm³/mol. The molecule has 1 heterocycles. The minimum absolute atomic E-state index is 0.0758. The van der Waals surface area contributed by atoms with Gasteiger partial charge >= 0.3 is 0 Å². The van der Waals surface area contributed by atoms with Crippen LogP contribution in [0.4, 0.5) is 0 Å². The molecule has 1 unspecified atom stereocenters. The quantitative estimate of drug-likeness (QED) is 0.789. The fourth-order valence-corrected chi connectivity index (χ4v) is 3.26. The number of carbonyl (C=O) groups is 2. The maximum atomic E-state index is 12.7. The number of benzene rings is 1. The van der Waals surface area contributed by atoms with Crippen LogP contribution >= 0.6 is 0 Å². The van der Waals surface area contributed by atoms with Crippen LogP contribution in [0, 0.1) is 5.92 Å². The van der Waals surface area contributed by atoms with Crippen molar-refractivity contribution in [3.05, 3.63) is 35.4 Å². The SMILES string of the molecule is CCC(CC)CC1(C)C(=O)N(C)C(=O)c2ccccc21. The topological polar surface area (TPSA) is 37.4 Å². The van der Waals surface area contributed by atoms with Gasteiger partial charge in [-0.15, -0.1) is 0 Å². The molecule has 0 radical (unpaired) electrons. The van der Waals surface area contributed by atoms with E-state index in [-0.39, 0.29) is 11.8 Å². The lowest BCUT2D eigenvalue weighted by Crippen LogP contribution is -2.52. The highest BCUT2D eigenvalue weighted by atomic mass is 16.2. The lowest BCUT2D eigenvalue weighted by molar-refractivity contribution is -0.134. The first-order chi connectivity index (χ1) is 9.45. The number of hydrogen-bond donors (Lipinski definition) is 0. The number of nitrogens with zero attached hydrogens (tertiary/aromatic N) is 1. The lowest BCUT2D eigenvalue weighted by Gasteiger charge is -2.40. The van der Waals surface area contributed by atoms with Crippen molar-refractivity contribution in [3.63, 3.8) is 0 Å². The van der Waals surface area contributed by atoms with Gasteiger partial charge in [-0.3, -0.25) is 14.5 Å². The average Bonchev–Trinajstić information content (AvgIpc) is 2.49. The molecule has 0 bridgehead atoms. The molecule has 0 N–H and O–H groups in total. The number of carbonyl (C=O) groups excluding carboxylic acids is 2. The number of hydrogen-bond acceptors (Lipinski definition) is 2. The lowest BCUT2D eigenvalue weighted by atomic mass is 9.69. The Morgan fingerprint density at radius 1 is 1.15 bits per heavy atom. The van der Waals surface area contributed by atoms with Crippen LogP contribution < -0.4 is 0 Å². The van der Waals surface area contributed by atoms with Gasteiger partial charge in [0, 0.05) is 12.6 Å². The van der Waals surface area contributed by atoms with E-state index in [9.17, 15) is 9.59 Å². The van der Waals surface area contributed by atoms with E-state index in [0.29, 0.717) is 11.5 Å². The zero-order chi connectivity index (χ0) is 14.9. The molecular weight excluding hydrogens is 250 g/mol. The molecule has 0 saturated carbocycles. The molecule has 0 aromatic heterocycles. The van der Waals surface area contributed by atoms with Crippen molar-refractivity contribution < 1.29 is 9.59 Å². The number of likely N-dealkylation sites (N-methyl/N-ethyl adjacent to an activating group) is 1. The van der Waals surface area contributed by atoms with Gasteiger partial charge in [-0.2, -0.15) is 0 Å². The highest BCUT2D eigenvalue weighted by molar-refractivity contribution is 6.12. The monoisotopic (exact) mass is 273 g/mol. The highest BCUT2D eigenvalue weighted by Gasteiger charge is 2.46. The third kappa shape index (κ3) is 2.15. The van der Waals surface area contributed by atoms with Gasteiger partial charge in [0.1, 0.15) is 0 Å². The fraction of sp³-hybridized carbons (Fsp3) is 0.529. The minimum Gasteiger partial charge on any atom is -0.281 e. The third-order valence-electron chi connectivity index (χ3n) is 4.68. The zero-order valence-electron chi connectivity index (χ0n) is 12.8. The number of imide groups is 1. The largest absolute Gasteiger partial charge is 0.281 e. The molecule has 1 atom stereocenters. The van der Waals surface area contributed by atoms with Crippen LogP contribution in [0.2, 0.25) is 0 Å². The second kappa shape index (κ2) is 5.39. The first-order valence-electron chi connectivity index (χ1n) is 7.37. The van der Waals surface area contributed by atoms with Gasteiger partial charge in [0.05, 0.1) is 5.41 Å². The Morgan fingerprint density at radius 2 is 1.75 bits per heavy atom. The first kappa shape index (κ1) is 14.8. The predicted octanol–water partition coefficient (Wildman–Crippen LogP) is 3.38. The molecule has 1 aliphatic heterocycles. The second-order valence-corrected chi connectivity index (χ2v) is 5.93. The van der Waals surface area contributed by atoms with Gasteiger partial charge in [0.25, 0.3) is 5.91 Å². The number of amides is 2. The van der Waals surface area contributed by atoms with Crippen molar-refractivity contribution in [2.75, 3.05) is 7.05 Å². The highest BCUT2D eigenvalue weighted by Crippen LogP contribution is 2.40. The van der Waals surface area contributed by atoms with E-state index in [1.54, 1.807) is 7.05 Å². The molecule has 2 amide bonds. The Hall–Kier alpha value is -1.64. The summed E-state index contributed by atoms with van der Waals surface area (Å²) < 4.78 is 0. The summed E-state index contributed by atoms with van der Waals surface area (Å²) in [5.74, 6) is 0.235. The molecule has 0 spiro atoms. The van der Waals surface area contributed by atoms with Crippen molar-refractivity contribution in [1.82, 2.24) is 4.90 Å². The van der Waals surface area contributed by atoms with Gasteiger partial charge in [-0.25, -0.2) is 0 Å². The molecule has 1 aromatic carbocycles. The minimum atomic E-state index is -0.587. The Morgan fingerprint density at radius 3 is 2.35 bits per heavy atom. The normalized spacial score (nSPS) is 22.4. The summed E-state index contributed by atoms with van der Waals surface area (Å²) in [4.78, 5) is 26.2. The van der Waals surface area contributed by atoms with E-state index in [0.717, 1.165) is 24.8 Å². The van der Waals surface area contributed by atoms with Crippen LogP contribution in [0.3, 0.4) is 0 Å². The van der Waals surface area contributed by atoms with E-state index < -0.39 is 5.41 Å². The molecule has 108 valence electrons. The van der Waals surface area contributed by atoms with E-state index in [2.05, 4.69) is 13.8 Å². The molecule has 0 fully saturated rings. The van der Waals surface area contributed by atoms with Gasteiger partial charge in [-0.05, 0) is 30.9 Å². The van der Waals surface area contributed by atoms with Crippen molar-refractivity contribution in [2.24, 2.45) is 5.92 Å². The molecule has 1 aromatic rings. The Labute approximate surface area is 121 Å². The second-order valence-electron chi connectivity index (χ2n) is 5.93. The first-order valence-corrected chi connectivity index (χ1v) is 7.37. The maximum Gasteiger partial charge on any atom is 0.260 e. The third-order valence-corrected chi connectivity index (χ3v) is 4.68. The van der Waals surface area contributed by atoms with Crippen molar-refractivity contribution in [3.8, 4) is 0 Å². The van der Waals surface area contributed by atoms with Crippen molar-refractivity contribution in [2.45, 2.75) is 45.4 Å². The fourth-order valence-electron chi connectivity index (χ4n) is 3.26. The summed E-state index contributed by atoms with van der Waals surface area (Å²) in [7, 11) is 1.59. The van der Waals surface area contributed by atoms with E-state index in [1.165, 1.54) is 4.90 Å². The van der Waals surface area contributed by atoms with Gasteiger partial charge < -0.3 is 0 Å². The molecule has 0 aliphatic carbocycles. The summed E-state index contributed by atoms with van der Waals surface area (Å²) in [6, 6.07) is 7.53. The van der Waals surface area contributed by atoms with Crippen LogP contribution in [-0.2, 0) is 10.2 Å². The van der Waals surface area contributed by atoms with E-state index in [4.69, 9.17) is 0 Å².